The van der Waals surface area contributed by atoms with Gasteiger partial charge in [0, 0.05) is 17.8 Å². The molecule has 0 radical (unpaired) electrons. The predicted molar refractivity (Wildman–Crippen MR) is 79.8 cm³/mol. The molecule has 6 nitrogen and oxygen atoms in total. The van der Waals surface area contributed by atoms with Crippen LogP contribution in [0.4, 0.5) is 11.4 Å². The lowest BCUT2D eigenvalue weighted by atomic mass is 10.1. The molecule has 0 saturated carbocycles. The van der Waals surface area contributed by atoms with Crippen molar-refractivity contribution in [1.82, 2.24) is 4.98 Å². The van der Waals surface area contributed by atoms with Crippen LogP contribution in [0.25, 0.3) is 0 Å². The quantitative estimate of drug-likeness (QED) is 0.534. The van der Waals surface area contributed by atoms with E-state index < -0.39 is 10.8 Å². The van der Waals surface area contributed by atoms with Crippen LogP contribution in [0, 0.1) is 24.0 Å². The largest absolute Gasteiger partial charge is 0.321 e. The number of carbonyl (C=O) groups excluding carboxylic acids is 1. The summed E-state index contributed by atoms with van der Waals surface area (Å²) >= 11 is 5.66. The number of hydrogen-bond donors (Lipinski definition) is 1. The van der Waals surface area contributed by atoms with Crippen molar-refractivity contribution in [3.63, 3.8) is 0 Å². The fourth-order valence-electron chi connectivity index (χ4n) is 1.88. The van der Waals surface area contributed by atoms with Gasteiger partial charge in [-0.2, -0.15) is 0 Å². The van der Waals surface area contributed by atoms with E-state index in [1.165, 1.54) is 24.4 Å². The molecule has 0 spiro atoms. The fourth-order valence-corrected chi connectivity index (χ4v) is 1.99. The molecular formula is C14H12ClN3O3. The number of pyridine rings is 1. The molecule has 0 fully saturated rings. The van der Waals surface area contributed by atoms with E-state index in [4.69, 9.17) is 11.6 Å². The van der Waals surface area contributed by atoms with Crippen molar-refractivity contribution in [1.29, 1.82) is 0 Å². The van der Waals surface area contributed by atoms with Gasteiger partial charge in [0.2, 0.25) is 0 Å². The molecule has 0 aliphatic heterocycles. The summed E-state index contributed by atoms with van der Waals surface area (Å²) in [6.07, 6.45) is 1.34. The van der Waals surface area contributed by atoms with Crippen LogP contribution in [-0.4, -0.2) is 15.8 Å². The number of aryl methyl sites for hydroxylation is 2. The van der Waals surface area contributed by atoms with E-state index in [1.807, 2.05) is 0 Å². The average molecular weight is 306 g/mol. The molecule has 0 aliphatic carbocycles. The second-order valence-corrected chi connectivity index (χ2v) is 4.92. The fraction of sp³-hybridized carbons (Fsp3) is 0.143. The smallest absolute Gasteiger partial charge is 0.274 e. The van der Waals surface area contributed by atoms with Crippen LogP contribution in [0.3, 0.4) is 0 Å². The van der Waals surface area contributed by atoms with Gasteiger partial charge in [0.1, 0.15) is 5.15 Å². The summed E-state index contributed by atoms with van der Waals surface area (Å²) in [5, 5.41) is 13.9. The summed E-state index contributed by atoms with van der Waals surface area (Å²) in [4.78, 5) is 26.4. The molecule has 1 aromatic carbocycles. The molecule has 0 bridgehead atoms. The zero-order valence-corrected chi connectivity index (χ0v) is 12.1. The topological polar surface area (TPSA) is 85.1 Å². The first-order valence-corrected chi connectivity index (χ1v) is 6.45. The maximum absolute atomic E-state index is 12.1. The molecule has 2 rings (SSSR count). The Morgan fingerprint density at radius 3 is 2.57 bits per heavy atom. The standard InChI is InChI=1S/C14H12ClN3O3/c1-8-5-9(2)12(18(20)21)6-11(8)17-14(19)10-3-4-13(15)16-7-10/h3-7H,1-2H3,(H,17,19). The average Bonchev–Trinajstić information content (AvgIpc) is 2.42. The van der Waals surface area contributed by atoms with E-state index >= 15 is 0 Å². The van der Waals surface area contributed by atoms with Crippen LogP contribution < -0.4 is 5.32 Å². The first kappa shape index (κ1) is 14.9. The maximum atomic E-state index is 12.1. The van der Waals surface area contributed by atoms with Crippen molar-refractivity contribution in [2.75, 3.05) is 5.32 Å². The van der Waals surface area contributed by atoms with Crippen molar-refractivity contribution < 1.29 is 9.72 Å². The van der Waals surface area contributed by atoms with Crippen molar-refractivity contribution in [3.05, 3.63) is 62.4 Å². The number of nitro groups is 1. The number of amides is 1. The van der Waals surface area contributed by atoms with Crippen molar-refractivity contribution in [2.24, 2.45) is 0 Å². The molecule has 2 aromatic rings. The maximum Gasteiger partial charge on any atom is 0.274 e. The Labute approximate surface area is 125 Å². The highest BCUT2D eigenvalue weighted by molar-refractivity contribution is 6.29. The van der Waals surface area contributed by atoms with Crippen LogP contribution in [0.1, 0.15) is 21.5 Å². The SMILES string of the molecule is Cc1cc(C)c([N+](=O)[O-])cc1NC(=O)c1ccc(Cl)nc1. The highest BCUT2D eigenvalue weighted by atomic mass is 35.5. The van der Waals surface area contributed by atoms with Crippen molar-refractivity contribution in [2.45, 2.75) is 13.8 Å². The van der Waals surface area contributed by atoms with Crippen LogP contribution >= 0.6 is 11.6 Å². The van der Waals surface area contributed by atoms with E-state index in [9.17, 15) is 14.9 Å². The first-order valence-electron chi connectivity index (χ1n) is 6.07. The molecular weight excluding hydrogens is 294 g/mol. The first-order chi connectivity index (χ1) is 9.88. The van der Waals surface area contributed by atoms with Gasteiger partial charge in [-0.05, 0) is 37.6 Å². The molecule has 0 atom stereocenters. The summed E-state index contributed by atoms with van der Waals surface area (Å²) in [7, 11) is 0. The molecule has 0 unspecified atom stereocenters. The van der Waals surface area contributed by atoms with Crippen LogP contribution in [0.5, 0.6) is 0 Å². The lowest BCUT2D eigenvalue weighted by Crippen LogP contribution is -2.13. The highest BCUT2D eigenvalue weighted by Crippen LogP contribution is 2.26. The normalized spacial score (nSPS) is 10.2. The van der Waals surface area contributed by atoms with Gasteiger partial charge in [0.05, 0.1) is 16.2 Å². The van der Waals surface area contributed by atoms with Gasteiger partial charge in [0.25, 0.3) is 11.6 Å². The number of nitro benzene ring substituents is 1. The Bertz CT molecular complexity index is 714. The van der Waals surface area contributed by atoms with Crippen molar-refractivity contribution >= 4 is 28.9 Å². The van der Waals surface area contributed by atoms with Gasteiger partial charge in [-0.25, -0.2) is 4.98 Å². The van der Waals surface area contributed by atoms with Gasteiger partial charge in [0.15, 0.2) is 0 Å². The molecule has 1 aromatic heterocycles. The minimum absolute atomic E-state index is 0.0369. The van der Waals surface area contributed by atoms with E-state index in [0.717, 1.165) is 5.56 Å². The monoisotopic (exact) mass is 305 g/mol. The number of halogens is 1. The van der Waals surface area contributed by atoms with Crippen LogP contribution in [0.15, 0.2) is 30.5 Å². The lowest BCUT2D eigenvalue weighted by Gasteiger charge is -2.09. The second kappa shape index (κ2) is 5.88. The summed E-state index contributed by atoms with van der Waals surface area (Å²) < 4.78 is 0. The molecule has 1 N–H and O–H groups in total. The number of nitrogens with zero attached hydrogens (tertiary/aromatic N) is 2. The van der Waals surface area contributed by atoms with E-state index in [-0.39, 0.29) is 10.8 Å². The third-order valence-electron chi connectivity index (χ3n) is 2.98. The predicted octanol–water partition coefficient (Wildman–Crippen LogP) is 3.51. The Hall–Kier alpha value is -2.47. The molecule has 1 amide bonds. The molecule has 0 aliphatic rings. The Morgan fingerprint density at radius 1 is 1.29 bits per heavy atom. The number of rotatable bonds is 3. The number of aromatic nitrogens is 1. The second-order valence-electron chi connectivity index (χ2n) is 4.53. The summed E-state index contributed by atoms with van der Waals surface area (Å²) in [5.74, 6) is -0.402. The van der Waals surface area contributed by atoms with Gasteiger partial charge < -0.3 is 5.32 Å². The number of nitrogens with one attached hydrogen (secondary N) is 1. The Kier molecular flexibility index (Phi) is 4.18. The summed E-state index contributed by atoms with van der Waals surface area (Å²) in [5.41, 5.74) is 1.97. The van der Waals surface area contributed by atoms with E-state index in [0.29, 0.717) is 16.8 Å². The number of benzene rings is 1. The van der Waals surface area contributed by atoms with E-state index in [1.54, 1.807) is 19.9 Å². The molecule has 108 valence electrons. The number of anilines is 1. The lowest BCUT2D eigenvalue weighted by molar-refractivity contribution is -0.385. The minimum Gasteiger partial charge on any atom is -0.321 e. The van der Waals surface area contributed by atoms with Crippen LogP contribution in [-0.2, 0) is 0 Å². The van der Waals surface area contributed by atoms with Gasteiger partial charge >= 0.3 is 0 Å². The Morgan fingerprint density at radius 2 is 2.00 bits per heavy atom. The molecule has 7 heteroatoms. The van der Waals surface area contributed by atoms with Gasteiger partial charge in [-0.15, -0.1) is 0 Å². The van der Waals surface area contributed by atoms with E-state index in [2.05, 4.69) is 10.3 Å². The summed E-state index contributed by atoms with van der Waals surface area (Å²) in [6, 6.07) is 6.04. The number of carbonyl (C=O) groups is 1. The van der Waals surface area contributed by atoms with Crippen LogP contribution in [0.2, 0.25) is 5.15 Å². The summed E-state index contributed by atoms with van der Waals surface area (Å²) in [6.45, 7) is 3.42. The number of hydrogen-bond acceptors (Lipinski definition) is 4. The third-order valence-corrected chi connectivity index (χ3v) is 3.20. The van der Waals surface area contributed by atoms with Gasteiger partial charge in [-0.3, -0.25) is 14.9 Å². The van der Waals surface area contributed by atoms with Gasteiger partial charge in [-0.1, -0.05) is 11.6 Å². The molecule has 1 heterocycles. The zero-order valence-electron chi connectivity index (χ0n) is 11.4. The molecule has 0 saturated heterocycles. The minimum atomic E-state index is -0.478. The zero-order chi connectivity index (χ0) is 15.6. The molecule has 21 heavy (non-hydrogen) atoms. The Balaban J connectivity index is 2.30. The third kappa shape index (κ3) is 3.35. The van der Waals surface area contributed by atoms with Crippen molar-refractivity contribution in [3.8, 4) is 0 Å². The highest BCUT2D eigenvalue weighted by Gasteiger charge is 2.15.